The first kappa shape index (κ1) is 13.9. The molecule has 1 heterocycles. The SMILES string of the molecule is Nc1c(C(=O)NCc2ccccc2)cnn1-c1ccccc1. The molecule has 3 aromatic rings. The van der Waals surface area contributed by atoms with Crippen LogP contribution in [-0.4, -0.2) is 15.7 Å². The van der Waals surface area contributed by atoms with Crippen molar-refractivity contribution >= 4 is 11.7 Å². The van der Waals surface area contributed by atoms with Crippen LogP contribution in [0.15, 0.2) is 66.9 Å². The molecule has 1 aromatic heterocycles. The highest BCUT2D eigenvalue weighted by Crippen LogP contribution is 2.16. The summed E-state index contributed by atoms with van der Waals surface area (Å²) in [5.74, 6) is 0.0975. The number of amides is 1. The van der Waals surface area contributed by atoms with Crippen molar-refractivity contribution in [3.8, 4) is 5.69 Å². The predicted octanol–water partition coefficient (Wildman–Crippen LogP) is 2.38. The van der Waals surface area contributed by atoms with Crippen LogP contribution < -0.4 is 11.1 Å². The van der Waals surface area contributed by atoms with E-state index in [1.165, 1.54) is 6.20 Å². The normalized spacial score (nSPS) is 10.4. The van der Waals surface area contributed by atoms with Crippen molar-refractivity contribution in [1.82, 2.24) is 15.1 Å². The van der Waals surface area contributed by atoms with Gasteiger partial charge in [0.1, 0.15) is 11.4 Å². The number of nitrogen functional groups attached to an aromatic ring is 1. The van der Waals surface area contributed by atoms with Gasteiger partial charge in [-0.3, -0.25) is 4.79 Å². The topological polar surface area (TPSA) is 72.9 Å². The van der Waals surface area contributed by atoms with Crippen LogP contribution in [0.3, 0.4) is 0 Å². The molecule has 0 saturated carbocycles. The zero-order chi connectivity index (χ0) is 15.4. The van der Waals surface area contributed by atoms with Crippen molar-refractivity contribution in [3.63, 3.8) is 0 Å². The van der Waals surface area contributed by atoms with E-state index in [4.69, 9.17) is 5.73 Å². The number of benzene rings is 2. The van der Waals surface area contributed by atoms with E-state index in [2.05, 4.69) is 10.4 Å². The molecule has 0 atom stereocenters. The maximum atomic E-state index is 12.2. The van der Waals surface area contributed by atoms with Gasteiger partial charge in [0.15, 0.2) is 0 Å². The lowest BCUT2D eigenvalue weighted by molar-refractivity contribution is 0.0952. The Kier molecular flexibility index (Phi) is 3.87. The Morgan fingerprint density at radius 2 is 1.68 bits per heavy atom. The van der Waals surface area contributed by atoms with Gasteiger partial charge >= 0.3 is 0 Å². The molecule has 2 aromatic carbocycles. The number of nitrogens with zero attached hydrogens (tertiary/aromatic N) is 2. The molecule has 22 heavy (non-hydrogen) atoms. The summed E-state index contributed by atoms with van der Waals surface area (Å²) >= 11 is 0. The van der Waals surface area contributed by atoms with Crippen LogP contribution in [0.2, 0.25) is 0 Å². The van der Waals surface area contributed by atoms with Crippen LogP contribution in [0.5, 0.6) is 0 Å². The first-order valence-corrected chi connectivity index (χ1v) is 6.97. The largest absolute Gasteiger partial charge is 0.383 e. The van der Waals surface area contributed by atoms with Crippen molar-refractivity contribution in [2.24, 2.45) is 0 Å². The van der Waals surface area contributed by atoms with Crippen LogP contribution in [-0.2, 0) is 6.54 Å². The molecule has 0 radical (unpaired) electrons. The Balaban J connectivity index is 1.75. The van der Waals surface area contributed by atoms with Crippen molar-refractivity contribution in [3.05, 3.63) is 78.0 Å². The molecule has 0 aliphatic carbocycles. The third-order valence-electron chi connectivity index (χ3n) is 3.35. The van der Waals surface area contributed by atoms with E-state index in [1.54, 1.807) is 4.68 Å². The standard InChI is InChI=1S/C17H16N4O/c18-16-15(12-20-21(16)14-9-5-2-6-10-14)17(22)19-11-13-7-3-1-4-8-13/h1-10,12H,11,18H2,(H,19,22). The van der Waals surface area contributed by atoms with Crippen LogP contribution in [0.25, 0.3) is 5.69 Å². The van der Waals surface area contributed by atoms with Gasteiger partial charge in [0.25, 0.3) is 5.91 Å². The fourth-order valence-corrected chi connectivity index (χ4v) is 2.18. The quantitative estimate of drug-likeness (QED) is 0.775. The zero-order valence-electron chi connectivity index (χ0n) is 11.9. The fraction of sp³-hybridized carbons (Fsp3) is 0.0588. The summed E-state index contributed by atoms with van der Waals surface area (Å²) in [6.45, 7) is 0.454. The maximum absolute atomic E-state index is 12.2. The van der Waals surface area contributed by atoms with Gasteiger partial charge in [0.05, 0.1) is 11.9 Å². The molecule has 0 unspecified atom stereocenters. The number of rotatable bonds is 4. The van der Waals surface area contributed by atoms with Gasteiger partial charge in [0.2, 0.25) is 0 Å². The summed E-state index contributed by atoms with van der Waals surface area (Å²) in [5.41, 5.74) is 8.27. The van der Waals surface area contributed by atoms with Gasteiger partial charge < -0.3 is 11.1 Å². The van der Waals surface area contributed by atoms with E-state index >= 15 is 0 Å². The summed E-state index contributed by atoms with van der Waals surface area (Å²) in [6.07, 6.45) is 1.49. The molecule has 0 aliphatic heterocycles. The van der Waals surface area contributed by atoms with E-state index in [0.29, 0.717) is 17.9 Å². The first-order valence-electron chi connectivity index (χ1n) is 6.97. The average Bonchev–Trinajstić information content (AvgIpc) is 2.96. The second-order valence-corrected chi connectivity index (χ2v) is 4.86. The lowest BCUT2D eigenvalue weighted by atomic mass is 10.2. The highest BCUT2D eigenvalue weighted by molar-refractivity contribution is 5.98. The number of anilines is 1. The molecule has 0 saturated heterocycles. The summed E-state index contributed by atoms with van der Waals surface area (Å²) in [4.78, 5) is 12.2. The van der Waals surface area contributed by atoms with Gasteiger partial charge in [-0.25, -0.2) is 4.68 Å². The summed E-state index contributed by atoms with van der Waals surface area (Å²) in [7, 11) is 0. The minimum Gasteiger partial charge on any atom is -0.383 e. The van der Waals surface area contributed by atoms with E-state index in [9.17, 15) is 4.79 Å². The number of hydrogen-bond acceptors (Lipinski definition) is 3. The molecule has 5 heteroatoms. The average molecular weight is 292 g/mol. The summed E-state index contributed by atoms with van der Waals surface area (Å²) in [6, 6.07) is 19.2. The summed E-state index contributed by atoms with van der Waals surface area (Å²) in [5, 5.41) is 7.04. The number of carbonyl (C=O) groups excluding carboxylic acids is 1. The lowest BCUT2D eigenvalue weighted by Gasteiger charge is -2.06. The Morgan fingerprint density at radius 3 is 2.36 bits per heavy atom. The van der Waals surface area contributed by atoms with Gasteiger partial charge in [-0.1, -0.05) is 48.5 Å². The number of aromatic nitrogens is 2. The minimum atomic E-state index is -0.233. The summed E-state index contributed by atoms with van der Waals surface area (Å²) < 4.78 is 1.55. The molecule has 0 bridgehead atoms. The second kappa shape index (κ2) is 6.13. The van der Waals surface area contributed by atoms with Gasteiger partial charge in [-0.15, -0.1) is 0 Å². The number of para-hydroxylation sites is 1. The molecule has 5 nitrogen and oxygen atoms in total. The number of nitrogens with two attached hydrogens (primary N) is 1. The zero-order valence-corrected chi connectivity index (χ0v) is 11.9. The van der Waals surface area contributed by atoms with Crippen molar-refractivity contribution in [1.29, 1.82) is 0 Å². The maximum Gasteiger partial charge on any atom is 0.256 e. The van der Waals surface area contributed by atoms with E-state index in [1.807, 2.05) is 60.7 Å². The number of hydrogen-bond donors (Lipinski definition) is 2. The molecule has 3 rings (SSSR count). The Labute approximate surface area is 128 Å². The molecule has 0 aliphatic rings. The fourth-order valence-electron chi connectivity index (χ4n) is 2.18. The Morgan fingerprint density at radius 1 is 1.05 bits per heavy atom. The monoisotopic (exact) mass is 292 g/mol. The molecule has 3 N–H and O–H groups in total. The van der Waals surface area contributed by atoms with Gasteiger partial charge in [-0.05, 0) is 17.7 Å². The molecule has 0 spiro atoms. The highest BCUT2D eigenvalue weighted by Gasteiger charge is 2.15. The van der Waals surface area contributed by atoms with E-state index in [0.717, 1.165) is 11.3 Å². The number of nitrogens with one attached hydrogen (secondary N) is 1. The first-order chi connectivity index (χ1) is 10.8. The van der Waals surface area contributed by atoms with Gasteiger partial charge in [0, 0.05) is 6.54 Å². The third-order valence-corrected chi connectivity index (χ3v) is 3.35. The van der Waals surface area contributed by atoms with Crippen LogP contribution in [0.4, 0.5) is 5.82 Å². The smallest absolute Gasteiger partial charge is 0.256 e. The predicted molar refractivity (Wildman–Crippen MR) is 85.6 cm³/mol. The lowest BCUT2D eigenvalue weighted by Crippen LogP contribution is -2.23. The van der Waals surface area contributed by atoms with E-state index in [-0.39, 0.29) is 5.91 Å². The van der Waals surface area contributed by atoms with Crippen molar-refractivity contribution in [2.45, 2.75) is 6.54 Å². The molecular weight excluding hydrogens is 276 g/mol. The minimum absolute atomic E-state index is 0.233. The third kappa shape index (κ3) is 2.83. The van der Waals surface area contributed by atoms with E-state index < -0.39 is 0 Å². The number of carbonyl (C=O) groups is 1. The Bertz CT molecular complexity index is 766. The second-order valence-electron chi connectivity index (χ2n) is 4.86. The van der Waals surface area contributed by atoms with Crippen LogP contribution in [0, 0.1) is 0 Å². The van der Waals surface area contributed by atoms with Crippen LogP contribution in [0.1, 0.15) is 15.9 Å². The molecule has 1 amide bonds. The van der Waals surface area contributed by atoms with Crippen LogP contribution >= 0.6 is 0 Å². The molecule has 110 valence electrons. The molecule has 0 fully saturated rings. The highest BCUT2D eigenvalue weighted by atomic mass is 16.1. The van der Waals surface area contributed by atoms with Crippen molar-refractivity contribution in [2.75, 3.05) is 5.73 Å². The van der Waals surface area contributed by atoms with Crippen molar-refractivity contribution < 1.29 is 4.79 Å². The van der Waals surface area contributed by atoms with Gasteiger partial charge in [-0.2, -0.15) is 5.10 Å². The Hall–Kier alpha value is -3.08. The molecular formula is C17H16N4O.